The molecule has 0 fully saturated rings. The molecule has 1 aromatic carbocycles. The van der Waals surface area contributed by atoms with E-state index in [1.165, 1.54) is 6.07 Å². The van der Waals surface area contributed by atoms with Crippen molar-refractivity contribution < 1.29 is 15.3 Å². The van der Waals surface area contributed by atoms with Crippen LogP contribution in [0.1, 0.15) is 32.3 Å². The average Bonchev–Trinajstić information content (AvgIpc) is 2.18. The van der Waals surface area contributed by atoms with Gasteiger partial charge in [0.2, 0.25) is 0 Å². The minimum atomic E-state index is 0.118. The van der Waals surface area contributed by atoms with Crippen LogP contribution in [0.25, 0.3) is 0 Å². The Morgan fingerprint density at radius 3 is 2.20 bits per heavy atom. The molecule has 3 N–H and O–H groups in total. The first-order chi connectivity index (χ1) is 7.15. The van der Waals surface area contributed by atoms with E-state index >= 15 is 0 Å². The van der Waals surface area contributed by atoms with Crippen LogP contribution in [0.2, 0.25) is 0 Å². The van der Waals surface area contributed by atoms with Gasteiger partial charge in [-0.05, 0) is 31.4 Å². The van der Waals surface area contributed by atoms with E-state index in [1.807, 2.05) is 0 Å². The van der Waals surface area contributed by atoms with Crippen molar-refractivity contribution in [2.24, 2.45) is 0 Å². The second-order valence-corrected chi connectivity index (χ2v) is 3.23. The number of hydrogen-bond donors (Lipinski definition) is 3. The highest BCUT2D eigenvalue weighted by atomic mass is 16.3. The first-order valence-corrected chi connectivity index (χ1v) is 5.27. The van der Waals surface area contributed by atoms with E-state index in [9.17, 15) is 5.11 Å². The summed E-state index contributed by atoms with van der Waals surface area (Å²) in [4.78, 5) is 0. The summed E-state index contributed by atoms with van der Waals surface area (Å²) in [7, 11) is 0. The van der Waals surface area contributed by atoms with E-state index in [0.29, 0.717) is 0 Å². The number of phenolic OH excluding ortho intramolecular Hbond substituents is 2. The molecule has 0 saturated heterocycles. The Kier molecular flexibility index (Phi) is 7.46. The number of aromatic hydroxyl groups is 2. The van der Waals surface area contributed by atoms with Crippen LogP contribution >= 0.6 is 0 Å². The molecule has 0 atom stereocenters. The molecule has 1 aromatic rings. The maximum Gasteiger partial charge on any atom is 0.122 e. The molecule has 0 aliphatic rings. The number of rotatable bonds is 3. The van der Waals surface area contributed by atoms with E-state index in [0.717, 1.165) is 24.8 Å². The zero-order chi connectivity index (χ0) is 11.7. The Morgan fingerprint density at radius 2 is 1.73 bits per heavy atom. The van der Waals surface area contributed by atoms with Gasteiger partial charge in [0.15, 0.2) is 0 Å². The van der Waals surface area contributed by atoms with E-state index in [4.69, 9.17) is 10.2 Å². The molecule has 0 unspecified atom stereocenters. The van der Waals surface area contributed by atoms with Crippen molar-refractivity contribution in [3.8, 4) is 11.5 Å². The maximum atomic E-state index is 9.36. The molecular formula is C12H20O3. The standard InChI is InChI=1S/C10H14O2.C2H6O/c1-2-3-4-8-5-6-9(11)7-10(8)12;1-2-3/h5-7,11-12H,2-4H2,1H3;3H,2H2,1H3. The van der Waals surface area contributed by atoms with Gasteiger partial charge in [-0.2, -0.15) is 0 Å². The predicted octanol–water partition coefficient (Wildman–Crippen LogP) is 2.44. The third kappa shape index (κ3) is 5.96. The smallest absolute Gasteiger partial charge is 0.122 e. The van der Waals surface area contributed by atoms with Crippen LogP contribution in [0.4, 0.5) is 0 Å². The molecule has 0 aromatic heterocycles. The van der Waals surface area contributed by atoms with Crippen molar-refractivity contribution in [3.05, 3.63) is 23.8 Å². The summed E-state index contributed by atoms with van der Waals surface area (Å²) in [5.41, 5.74) is 0.912. The lowest BCUT2D eigenvalue weighted by Crippen LogP contribution is -1.84. The minimum Gasteiger partial charge on any atom is -0.508 e. The number of benzene rings is 1. The molecule has 0 spiro atoms. The van der Waals surface area contributed by atoms with Gasteiger partial charge in [0.25, 0.3) is 0 Å². The highest BCUT2D eigenvalue weighted by Gasteiger charge is 2.00. The van der Waals surface area contributed by atoms with Gasteiger partial charge in [0.05, 0.1) is 0 Å². The fourth-order valence-corrected chi connectivity index (χ4v) is 1.13. The zero-order valence-electron chi connectivity index (χ0n) is 9.40. The van der Waals surface area contributed by atoms with Gasteiger partial charge in [0, 0.05) is 12.7 Å². The first kappa shape index (κ1) is 13.8. The Balaban J connectivity index is 0.000000583. The topological polar surface area (TPSA) is 60.7 Å². The van der Waals surface area contributed by atoms with Gasteiger partial charge in [-0.15, -0.1) is 0 Å². The second kappa shape index (κ2) is 8.12. The maximum absolute atomic E-state index is 9.36. The van der Waals surface area contributed by atoms with Gasteiger partial charge < -0.3 is 15.3 Å². The number of phenols is 2. The van der Waals surface area contributed by atoms with Crippen molar-refractivity contribution in [2.45, 2.75) is 33.1 Å². The van der Waals surface area contributed by atoms with Crippen molar-refractivity contribution in [3.63, 3.8) is 0 Å². The van der Waals surface area contributed by atoms with Crippen molar-refractivity contribution >= 4 is 0 Å². The Labute approximate surface area is 91.0 Å². The van der Waals surface area contributed by atoms with Crippen LogP contribution < -0.4 is 0 Å². The quantitative estimate of drug-likeness (QED) is 0.721. The third-order valence-electron chi connectivity index (χ3n) is 1.87. The van der Waals surface area contributed by atoms with Crippen molar-refractivity contribution in [1.29, 1.82) is 0 Å². The van der Waals surface area contributed by atoms with Crippen LogP contribution in [0.5, 0.6) is 11.5 Å². The Morgan fingerprint density at radius 1 is 1.13 bits per heavy atom. The number of unbranched alkanes of at least 4 members (excludes halogenated alkanes) is 1. The van der Waals surface area contributed by atoms with Gasteiger partial charge >= 0.3 is 0 Å². The number of aliphatic hydroxyl groups is 1. The van der Waals surface area contributed by atoms with E-state index in [1.54, 1.807) is 19.1 Å². The SMILES string of the molecule is CCCCc1ccc(O)cc1O.CCO. The van der Waals surface area contributed by atoms with Gasteiger partial charge in [0.1, 0.15) is 11.5 Å². The number of aryl methyl sites for hydroxylation is 1. The molecule has 0 bridgehead atoms. The van der Waals surface area contributed by atoms with Crippen LogP contribution in [0.3, 0.4) is 0 Å². The summed E-state index contributed by atoms with van der Waals surface area (Å²) in [6, 6.07) is 4.75. The largest absolute Gasteiger partial charge is 0.508 e. The van der Waals surface area contributed by atoms with Crippen LogP contribution in [0, 0.1) is 0 Å². The van der Waals surface area contributed by atoms with E-state index < -0.39 is 0 Å². The molecule has 0 amide bonds. The molecule has 0 radical (unpaired) electrons. The molecule has 0 heterocycles. The molecule has 3 heteroatoms. The molecule has 1 rings (SSSR count). The third-order valence-corrected chi connectivity index (χ3v) is 1.87. The Bertz CT molecular complexity index is 272. The predicted molar refractivity (Wildman–Crippen MR) is 61.1 cm³/mol. The summed E-state index contributed by atoms with van der Waals surface area (Å²) in [5, 5.41) is 25.9. The van der Waals surface area contributed by atoms with E-state index in [2.05, 4.69) is 6.92 Å². The normalized spacial score (nSPS) is 9.27. The molecule has 3 nitrogen and oxygen atoms in total. The van der Waals surface area contributed by atoms with Gasteiger partial charge in [-0.25, -0.2) is 0 Å². The average molecular weight is 212 g/mol. The highest BCUT2D eigenvalue weighted by Crippen LogP contribution is 2.23. The fourth-order valence-electron chi connectivity index (χ4n) is 1.13. The van der Waals surface area contributed by atoms with Crippen molar-refractivity contribution in [1.82, 2.24) is 0 Å². The van der Waals surface area contributed by atoms with Gasteiger partial charge in [-0.1, -0.05) is 19.4 Å². The Hall–Kier alpha value is -1.22. The molecule has 0 aliphatic heterocycles. The first-order valence-electron chi connectivity index (χ1n) is 5.27. The van der Waals surface area contributed by atoms with E-state index in [-0.39, 0.29) is 18.1 Å². The van der Waals surface area contributed by atoms with Crippen LogP contribution in [-0.4, -0.2) is 21.9 Å². The van der Waals surface area contributed by atoms with Crippen molar-refractivity contribution in [2.75, 3.05) is 6.61 Å². The summed E-state index contributed by atoms with van der Waals surface area (Å²) in [6.45, 7) is 4.04. The molecule has 86 valence electrons. The molecular weight excluding hydrogens is 192 g/mol. The van der Waals surface area contributed by atoms with Gasteiger partial charge in [-0.3, -0.25) is 0 Å². The lowest BCUT2D eigenvalue weighted by Gasteiger charge is -2.03. The number of hydrogen-bond acceptors (Lipinski definition) is 3. The minimum absolute atomic E-state index is 0.118. The second-order valence-electron chi connectivity index (χ2n) is 3.23. The van der Waals surface area contributed by atoms with Crippen LogP contribution in [0.15, 0.2) is 18.2 Å². The number of aliphatic hydroxyl groups excluding tert-OH is 1. The van der Waals surface area contributed by atoms with Crippen LogP contribution in [-0.2, 0) is 6.42 Å². The lowest BCUT2D eigenvalue weighted by molar-refractivity contribution is 0.318. The highest BCUT2D eigenvalue weighted by molar-refractivity contribution is 5.38. The molecule has 0 saturated carbocycles. The lowest BCUT2D eigenvalue weighted by atomic mass is 10.1. The molecule has 0 aliphatic carbocycles. The summed E-state index contributed by atoms with van der Waals surface area (Å²) in [5.74, 6) is 0.316. The zero-order valence-corrected chi connectivity index (χ0v) is 9.40. The molecule has 15 heavy (non-hydrogen) atoms. The fraction of sp³-hybridized carbons (Fsp3) is 0.500. The monoisotopic (exact) mass is 212 g/mol. The summed E-state index contributed by atoms with van der Waals surface area (Å²) in [6.07, 6.45) is 3.06. The summed E-state index contributed by atoms with van der Waals surface area (Å²) < 4.78 is 0. The summed E-state index contributed by atoms with van der Waals surface area (Å²) >= 11 is 0.